The number of benzene rings is 2. The molecule has 0 N–H and O–H groups in total. The van der Waals surface area contributed by atoms with E-state index in [9.17, 15) is 9.59 Å². The number of hydrogen-bond acceptors (Lipinski definition) is 4. The molecule has 0 bridgehead atoms. The zero-order chi connectivity index (χ0) is 17.1. The van der Waals surface area contributed by atoms with Crippen molar-refractivity contribution in [1.82, 2.24) is 0 Å². The van der Waals surface area contributed by atoms with Gasteiger partial charge in [0.15, 0.2) is 0 Å². The maximum absolute atomic E-state index is 12.4. The number of methoxy groups -OCH3 is 1. The summed E-state index contributed by atoms with van der Waals surface area (Å²) in [4.78, 5) is 26.3. The van der Waals surface area contributed by atoms with Gasteiger partial charge in [0.2, 0.25) is 5.91 Å². The third-order valence-corrected chi connectivity index (χ3v) is 4.05. The van der Waals surface area contributed by atoms with E-state index in [1.807, 2.05) is 31.2 Å². The van der Waals surface area contributed by atoms with E-state index < -0.39 is 5.92 Å². The molecule has 0 aliphatic carbocycles. The lowest BCUT2D eigenvalue weighted by atomic mass is 10.1. The maximum atomic E-state index is 12.4. The van der Waals surface area contributed by atoms with Crippen LogP contribution in [-0.2, 0) is 9.59 Å². The van der Waals surface area contributed by atoms with Crippen molar-refractivity contribution < 1.29 is 19.1 Å². The zero-order valence-electron chi connectivity index (χ0n) is 13.7. The van der Waals surface area contributed by atoms with Crippen LogP contribution in [0.3, 0.4) is 0 Å². The van der Waals surface area contributed by atoms with Crippen molar-refractivity contribution in [2.24, 2.45) is 5.92 Å². The first-order valence-corrected chi connectivity index (χ1v) is 7.80. The normalized spacial score (nSPS) is 17.0. The van der Waals surface area contributed by atoms with Crippen molar-refractivity contribution in [2.75, 3.05) is 18.6 Å². The predicted molar refractivity (Wildman–Crippen MR) is 90.3 cm³/mol. The van der Waals surface area contributed by atoms with Crippen molar-refractivity contribution in [1.29, 1.82) is 0 Å². The highest BCUT2D eigenvalue weighted by molar-refractivity contribution is 6.00. The molecule has 0 spiro atoms. The first-order chi connectivity index (χ1) is 11.6. The topological polar surface area (TPSA) is 55.8 Å². The van der Waals surface area contributed by atoms with Crippen molar-refractivity contribution in [2.45, 2.75) is 13.3 Å². The molecule has 1 amide bonds. The summed E-state index contributed by atoms with van der Waals surface area (Å²) < 4.78 is 10.7. The van der Waals surface area contributed by atoms with Crippen LogP contribution in [0.2, 0.25) is 0 Å². The number of hydrogen-bond donors (Lipinski definition) is 0. The minimum absolute atomic E-state index is 0.103. The summed E-state index contributed by atoms with van der Waals surface area (Å²) in [6, 6.07) is 14.5. The van der Waals surface area contributed by atoms with E-state index in [1.165, 1.54) is 0 Å². The summed E-state index contributed by atoms with van der Waals surface area (Å²) in [5.41, 5.74) is 1.71. The molecule has 2 aromatic carbocycles. The summed E-state index contributed by atoms with van der Waals surface area (Å²) in [5.74, 6) is 0.132. The number of carbonyl (C=O) groups excluding carboxylic acids is 2. The van der Waals surface area contributed by atoms with E-state index in [1.54, 1.807) is 36.3 Å². The second-order valence-electron chi connectivity index (χ2n) is 5.81. The first kappa shape index (κ1) is 16.1. The molecule has 124 valence electrons. The van der Waals surface area contributed by atoms with Gasteiger partial charge in [-0.15, -0.1) is 0 Å². The highest BCUT2D eigenvalue weighted by Gasteiger charge is 2.37. The molecule has 3 rings (SSSR count). The van der Waals surface area contributed by atoms with Gasteiger partial charge in [-0.2, -0.15) is 0 Å². The molecule has 0 unspecified atom stereocenters. The Labute approximate surface area is 140 Å². The van der Waals surface area contributed by atoms with Crippen LogP contribution < -0.4 is 14.4 Å². The van der Waals surface area contributed by atoms with Crippen LogP contribution in [0.1, 0.15) is 12.0 Å². The molecule has 5 heteroatoms. The maximum Gasteiger partial charge on any atom is 0.316 e. The minimum atomic E-state index is -0.483. The summed E-state index contributed by atoms with van der Waals surface area (Å²) in [6.45, 7) is 2.24. The number of carbonyl (C=O) groups is 2. The molecule has 5 nitrogen and oxygen atoms in total. The molecule has 1 atom stereocenters. The standard InChI is InChI=1S/C19H19NO4/c1-13-8-9-17(23-2)16(10-13)20-12-14(11-18(20)21)19(22)24-15-6-4-3-5-7-15/h3-10,14H,11-12H2,1-2H3/t14-/m0/s1. The van der Waals surface area contributed by atoms with E-state index in [-0.39, 0.29) is 18.3 Å². The van der Waals surface area contributed by atoms with Crippen LogP contribution in [0, 0.1) is 12.8 Å². The number of para-hydroxylation sites is 1. The van der Waals surface area contributed by atoms with Crippen molar-refractivity contribution in [3.63, 3.8) is 0 Å². The molecular formula is C19H19NO4. The number of esters is 1. The van der Waals surface area contributed by atoms with E-state index in [2.05, 4.69) is 0 Å². The molecule has 1 aliphatic rings. The molecule has 24 heavy (non-hydrogen) atoms. The van der Waals surface area contributed by atoms with Crippen LogP contribution in [0.25, 0.3) is 0 Å². The molecule has 2 aromatic rings. The molecule has 1 saturated heterocycles. The van der Waals surface area contributed by atoms with Gasteiger partial charge in [0, 0.05) is 13.0 Å². The van der Waals surface area contributed by atoms with Crippen molar-refractivity contribution in [3.05, 3.63) is 54.1 Å². The van der Waals surface area contributed by atoms with Gasteiger partial charge in [0.1, 0.15) is 11.5 Å². The lowest BCUT2D eigenvalue weighted by Crippen LogP contribution is -2.27. The molecular weight excluding hydrogens is 306 g/mol. The highest BCUT2D eigenvalue weighted by Crippen LogP contribution is 2.34. The van der Waals surface area contributed by atoms with Gasteiger partial charge in [0.25, 0.3) is 0 Å². The quantitative estimate of drug-likeness (QED) is 0.640. The van der Waals surface area contributed by atoms with Gasteiger partial charge in [-0.05, 0) is 36.8 Å². The minimum Gasteiger partial charge on any atom is -0.495 e. The lowest BCUT2D eigenvalue weighted by molar-refractivity contribution is -0.139. The van der Waals surface area contributed by atoms with Gasteiger partial charge < -0.3 is 14.4 Å². The number of amides is 1. The molecule has 0 radical (unpaired) electrons. The Morgan fingerprint density at radius 2 is 1.92 bits per heavy atom. The smallest absolute Gasteiger partial charge is 0.316 e. The molecule has 1 aliphatic heterocycles. The van der Waals surface area contributed by atoms with E-state index in [0.29, 0.717) is 23.7 Å². The predicted octanol–water partition coefficient (Wildman–Crippen LogP) is 2.96. The fraction of sp³-hybridized carbons (Fsp3) is 0.263. The van der Waals surface area contributed by atoms with Gasteiger partial charge in [-0.25, -0.2) is 0 Å². The highest BCUT2D eigenvalue weighted by atomic mass is 16.5. The van der Waals surface area contributed by atoms with Gasteiger partial charge in [-0.1, -0.05) is 24.3 Å². The molecule has 1 heterocycles. The van der Waals surface area contributed by atoms with Gasteiger partial charge in [0.05, 0.1) is 18.7 Å². The lowest BCUT2D eigenvalue weighted by Gasteiger charge is -2.20. The molecule has 1 fully saturated rings. The number of nitrogens with zero attached hydrogens (tertiary/aromatic N) is 1. The largest absolute Gasteiger partial charge is 0.495 e. The molecule has 0 aromatic heterocycles. The summed E-state index contributed by atoms with van der Waals surface area (Å²) in [6.07, 6.45) is 0.142. The molecule has 0 saturated carbocycles. The number of ether oxygens (including phenoxy) is 2. The van der Waals surface area contributed by atoms with Crippen molar-refractivity contribution >= 4 is 17.6 Å². The summed E-state index contributed by atoms with van der Waals surface area (Å²) in [5, 5.41) is 0. The van der Waals surface area contributed by atoms with E-state index in [4.69, 9.17) is 9.47 Å². The number of aryl methyl sites for hydroxylation is 1. The fourth-order valence-electron chi connectivity index (χ4n) is 2.80. The Kier molecular flexibility index (Phi) is 4.51. The SMILES string of the molecule is COc1ccc(C)cc1N1C[C@@H](C(=O)Oc2ccccc2)CC1=O. The van der Waals surface area contributed by atoms with Crippen molar-refractivity contribution in [3.8, 4) is 11.5 Å². The fourth-order valence-corrected chi connectivity index (χ4v) is 2.80. The monoisotopic (exact) mass is 325 g/mol. The summed E-state index contributed by atoms with van der Waals surface area (Å²) >= 11 is 0. The van der Waals surface area contributed by atoms with Gasteiger partial charge >= 0.3 is 5.97 Å². The Bertz CT molecular complexity index is 757. The number of anilines is 1. The average Bonchev–Trinajstić information content (AvgIpc) is 2.97. The van der Waals surface area contributed by atoms with Crippen LogP contribution >= 0.6 is 0 Å². The Morgan fingerprint density at radius 1 is 1.17 bits per heavy atom. The Balaban J connectivity index is 1.76. The zero-order valence-corrected chi connectivity index (χ0v) is 13.7. The first-order valence-electron chi connectivity index (χ1n) is 7.80. The van der Waals surface area contributed by atoms with Crippen LogP contribution in [0.4, 0.5) is 5.69 Å². The van der Waals surface area contributed by atoms with Crippen LogP contribution in [-0.4, -0.2) is 25.5 Å². The third kappa shape index (κ3) is 3.25. The summed E-state index contributed by atoms with van der Waals surface area (Å²) in [7, 11) is 1.57. The second-order valence-corrected chi connectivity index (χ2v) is 5.81. The Hall–Kier alpha value is -2.82. The van der Waals surface area contributed by atoms with Crippen LogP contribution in [0.15, 0.2) is 48.5 Å². The van der Waals surface area contributed by atoms with Crippen LogP contribution in [0.5, 0.6) is 11.5 Å². The van der Waals surface area contributed by atoms with Gasteiger partial charge in [-0.3, -0.25) is 9.59 Å². The van der Waals surface area contributed by atoms with E-state index in [0.717, 1.165) is 5.56 Å². The average molecular weight is 325 g/mol. The third-order valence-electron chi connectivity index (χ3n) is 4.05. The van der Waals surface area contributed by atoms with E-state index >= 15 is 0 Å². The Morgan fingerprint density at radius 3 is 2.62 bits per heavy atom. The second kappa shape index (κ2) is 6.74. The number of rotatable bonds is 4.